The molecule has 0 bridgehead atoms. The lowest BCUT2D eigenvalue weighted by molar-refractivity contribution is -0.167. The van der Waals surface area contributed by atoms with E-state index in [1.807, 2.05) is 0 Å². The molecular formula is C9H12O4. The Hall–Kier alpha value is -1.13. The fourth-order valence-electron chi connectivity index (χ4n) is 1.32. The van der Waals surface area contributed by atoms with Crippen molar-refractivity contribution in [1.29, 1.82) is 0 Å². The van der Waals surface area contributed by atoms with Crippen molar-refractivity contribution in [1.82, 2.24) is 0 Å². The van der Waals surface area contributed by atoms with Gasteiger partial charge in [-0.15, -0.1) is 0 Å². The van der Waals surface area contributed by atoms with E-state index in [9.17, 15) is 4.79 Å². The molecule has 1 N–H and O–H groups in total. The first-order valence-electron chi connectivity index (χ1n) is 3.84. The molecule has 0 fully saturated rings. The van der Waals surface area contributed by atoms with Crippen molar-refractivity contribution in [2.45, 2.75) is 11.7 Å². The van der Waals surface area contributed by atoms with Gasteiger partial charge < -0.3 is 14.6 Å². The second kappa shape index (κ2) is 3.72. The van der Waals surface area contributed by atoms with Crippen molar-refractivity contribution in [2.24, 2.45) is 0 Å². The third kappa shape index (κ3) is 1.50. The lowest BCUT2D eigenvalue weighted by Crippen LogP contribution is -2.50. The van der Waals surface area contributed by atoms with Crippen molar-refractivity contribution in [3.63, 3.8) is 0 Å². The summed E-state index contributed by atoms with van der Waals surface area (Å²) in [6.07, 6.45) is 5.91. The number of hydrogen-bond donors (Lipinski definition) is 1. The first-order chi connectivity index (χ1) is 6.17. The highest BCUT2D eigenvalue weighted by Gasteiger charge is 2.44. The van der Waals surface area contributed by atoms with Crippen LogP contribution in [-0.4, -0.2) is 37.0 Å². The Morgan fingerprint density at radius 1 is 1.46 bits per heavy atom. The molecule has 0 radical (unpaired) electrons. The molecule has 0 spiro atoms. The van der Waals surface area contributed by atoms with Crippen LogP contribution in [-0.2, 0) is 14.3 Å². The lowest BCUT2D eigenvalue weighted by atomic mass is 9.92. The number of aliphatic carboxylic acids is 1. The predicted molar refractivity (Wildman–Crippen MR) is 46.5 cm³/mol. The van der Waals surface area contributed by atoms with Gasteiger partial charge in [0.25, 0.3) is 0 Å². The van der Waals surface area contributed by atoms with E-state index in [0.717, 1.165) is 0 Å². The second-order valence-electron chi connectivity index (χ2n) is 2.70. The monoisotopic (exact) mass is 184 g/mol. The number of allylic oxidation sites excluding steroid dienone is 2. The second-order valence-corrected chi connectivity index (χ2v) is 2.70. The van der Waals surface area contributed by atoms with Gasteiger partial charge in [0.1, 0.15) is 6.10 Å². The van der Waals surface area contributed by atoms with Crippen molar-refractivity contribution in [2.75, 3.05) is 14.2 Å². The first kappa shape index (κ1) is 9.95. The summed E-state index contributed by atoms with van der Waals surface area (Å²) in [5.74, 6) is -1.05. The van der Waals surface area contributed by atoms with Crippen molar-refractivity contribution < 1.29 is 19.4 Å². The summed E-state index contributed by atoms with van der Waals surface area (Å²) in [6, 6.07) is 0. The third-order valence-corrected chi connectivity index (χ3v) is 2.09. The summed E-state index contributed by atoms with van der Waals surface area (Å²) < 4.78 is 10.00. The number of hydrogen-bond acceptors (Lipinski definition) is 3. The maximum absolute atomic E-state index is 11.0. The van der Waals surface area contributed by atoms with Gasteiger partial charge in [-0.05, 0) is 6.08 Å². The molecule has 0 aromatic rings. The molecule has 0 amide bonds. The molecule has 0 aromatic carbocycles. The molecular weight excluding hydrogens is 172 g/mol. The van der Waals surface area contributed by atoms with E-state index in [4.69, 9.17) is 14.6 Å². The third-order valence-electron chi connectivity index (χ3n) is 2.09. The lowest BCUT2D eigenvalue weighted by Gasteiger charge is -2.31. The highest BCUT2D eigenvalue weighted by molar-refractivity contribution is 5.82. The zero-order valence-electron chi connectivity index (χ0n) is 7.56. The Morgan fingerprint density at radius 2 is 2.15 bits per heavy atom. The minimum atomic E-state index is -1.39. The van der Waals surface area contributed by atoms with Crippen LogP contribution in [0, 0.1) is 0 Å². The molecule has 0 aromatic heterocycles. The minimum absolute atomic E-state index is 0.583. The van der Waals surface area contributed by atoms with Gasteiger partial charge in [-0.3, -0.25) is 0 Å². The standard InChI is InChI=1S/C9H12O4/c1-12-7-5-3-4-6-9(7,13-2)8(10)11/h3-7H,1-2H3,(H,10,11). The number of rotatable bonds is 3. The maximum Gasteiger partial charge on any atom is 0.343 e. The molecule has 1 rings (SSSR count). The number of carboxylic acids is 1. The Morgan fingerprint density at radius 3 is 2.54 bits per heavy atom. The van der Waals surface area contributed by atoms with Gasteiger partial charge >= 0.3 is 5.97 Å². The zero-order chi connectivity index (χ0) is 9.90. The molecule has 4 heteroatoms. The van der Waals surface area contributed by atoms with E-state index in [1.165, 1.54) is 20.3 Å². The van der Waals surface area contributed by atoms with Crippen LogP contribution in [0.3, 0.4) is 0 Å². The zero-order valence-corrected chi connectivity index (χ0v) is 7.56. The number of ether oxygens (including phenoxy) is 2. The Bertz CT molecular complexity index is 256. The number of methoxy groups -OCH3 is 2. The van der Waals surface area contributed by atoms with E-state index in [1.54, 1.807) is 18.2 Å². The van der Waals surface area contributed by atoms with Gasteiger partial charge in [0.15, 0.2) is 0 Å². The minimum Gasteiger partial charge on any atom is -0.479 e. The van der Waals surface area contributed by atoms with E-state index in [2.05, 4.69) is 0 Å². The van der Waals surface area contributed by atoms with Crippen LogP contribution < -0.4 is 0 Å². The first-order valence-corrected chi connectivity index (χ1v) is 3.84. The quantitative estimate of drug-likeness (QED) is 0.697. The summed E-state index contributed by atoms with van der Waals surface area (Å²) in [4.78, 5) is 11.0. The smallest absolute Gasteiger partial charge is 0.343 e. The van der Waals surface area contributed by atoms with Crippen molar-refractivity contribution >= 4 is 5.97 Å². The summed E-state index contributed by atoms with van der Waals surface area (Å²) in [5.41, 5.74) is -1.39. The van der Waals surface area contributed by atoms with Crippen LogP contribution >= 0.6 is 0 Å². The summed E-state index contributed by atoms with van der Waals surface area (Å²) in [6.45, 7) is 0. The average Bonchev–Trinajstić information content (AvgIpc) is 2.17. The molecule has 4 nitrogen and oxygen atoms in total. The van der Waals surface area contributed by atoms with Gasteiger partial charge in [-0.25, -0.2) is 4.79 Å². The van der Waals surface area contributed by atoms with Crippen LogP contribution in [0.1, 0.15) is 0 Å². The van der Waals surface area contributed by atoms with E-state index < -0.39 is 17.7 Å². The van der Waals surface area contributed by atoms with E-state index in [0.29, 0.717) is 0 Å². The molecule has 0 saturated carbocycles. The maximum atomic E-state index is 11.0. The van der Waals surface area contributed by atoms with Gasteiger partial charge in [-0.2, -0.15) is 0 Å². The van der Waals surface area contributed by atoms with Crippen LogP contribution in [0.25, 0.3) is 0 Å². The topological polar surface area (TPSA) is 55.8 Å². The Kier molecular flexibility index (Phi) is 2.85. The van der Waals surface area contributed by atoms with Crippen LogP contribution in [0.4, 0.5) is 0 Å². The van der Waals surface area contributed by atoms with Gasteiger partial charge in [-0.1, -0.05) is 18.2 Å². The average molecular weight is 184 g/mol. The highest BCUT2D eigenvalue weighted by atomic mass is 16.6. The molecule has 2 atom stereocenters. The largest absolute Gasteiger partial charge is 0.479 e. The molecule has 13 heavy (non-hydrogen) atoms. The SMILES string of the molecule is COC1C=CC=CC1(OC)C(=O)O. The summed E-state index contributed by atoms with van der Waals surface area (Å²) in [7, 11) is 2.80. The van der Waals surface area contributed by atoms with Gasteiger partial charge in [0.05, 0.1) is 0 Å². The van der Waals surface area contributed by atoms with E-state index >= 15 is 0 Å². The summed E-state index contributed by atoms with van der Waals surface area (Å²) >= 11 is 0. The van der Waals surface area contributed by atoms with Crippen LogP contribution in [0.2, 0.25) is 0 Å². The fourth-order valence-corrected chi connectivity index (χ4v) is 1.32. The van der Waals surface area contributed by atoms with Crippen molar-refractivity contribution in [3.8, 4) is 0 Å². The molecule has 0 heterocycles. The Labute approximate surface area is 76.5 Å². The molecule has 0 aliphatic heterocycles. The predicted octanol–water partition coefficient (Wildman–Crippen LogP) is 0.597. The molecule has 72 valence electrons. The van der Waals surface area contributed by atoms with Gasteiger partial charge in [0.2, 0.25) is 5.60 Å². The number of carboxylic acid groups (broad SMARTS) is 1. The molecule has 0 saturated heterocycles. The molecule has 2 unspecified atom stereocenters. The Balaban J connectivity index is 3.02. The van der Waals surface area contributed by atoms with Gasteiger partial charge in [0, 0.05) is 14.2 Å². The molecule has 1 aliphatic carbocycles. The number of carbonyl (C=O) groups is 1. The highest BCUT2D eigenvalue weighted by Crippen LogP contribution is 2.24. The normalized spacial score (nSPS) is 32.0. The fraction of sp³-hybridized carbons (Fsp3) is 0.444. The van der Waals surface area contributed by atoms with E-state index in [-0.39, 0.29) is 0 Å². The van der Waals surface area contributed by atoms with Crippen LogP contribution in [0.5, 0.6) is 0 Å². The summed E-state index contributed by atoms with van der Waals surface area (Å²) in [5, 5.41) is 9.00. The van der Waals surface area contributed by atoms with Crippen molar-refractivity contribution in [3.05, 3.63) is 24.3 Å². The van der Waals surface area contributed by atoms with Crippen LogP contribution in [0.15, 0.2) is 24.3 Å². The molecule has 1 aliphatic rings.